The van der Waals surface area contributed by atoms with Gasteiger partial charge in [-0.1, -0.05) is 92.7 Å². The smallest absolute Gasteiger partial charge is 0.410 e. The molecule has 0 radical (unpaired) electrons. The Morgan fingerprint density at radius 1 is 0.906 bits per heavy atom. The molecule has 286 valence electrons. The van der Waals surface area contributed by atoms with Crippen LogP contribution in [0.15, 0.2) is 91.0 Å². The molecule has 11 nitrogen and oxygen atoms in total. The average Bonchev–Trinajstić information content (AvgIpc) is 3.67. The number of carbonyl (C=O) groups excluding carboxylic acids is 4. The standard InChI is InChI=1S/C41H55N4O7P/c1-32(2)29-41(39(48)42-35-22-11-6-12-23-35,44(31-53-50)37(46)25-15-21-33-17-7-4-8-18-33)26-13-14-28-45(51-3)38(47)36-24-16-27-43(36)40(49)52-30-34-19-9-5-10-20-34/h4-12,17-20,22-23,32,36H,13-16,21,24-31,53H2,1-3H3,(H,42,48)/t36-,41-/m0/s1. The lowest BCUT2D eigenvalue weighted by Gasteiger charge is -2.43. The zero-order valence-electron chi connectivity index (χ0n) is 31.3. The molecule has 4 amide bonds. The molecular weight excluding hydrogens is 691 g/mol. The monoisotopic (exact) mass is 746 g/mol. The number of nitrogens with zero attached hydrogens (tertiary/aromatic N) is 3. The molecule has 0 aromatic heterocycles. The van der Waals surface area contributed by atoms with E-state index in [1.807, 2.05) is 92.7 Å². The first kappa shape index (κ1) is 41.3. The Bertz CT molecular complexity index is 1610. The van der Waals surface area contributed by atoms with Gasteiger partial charge in [-0.3, -0.25) is 24.1 Å². The largest absolute Gasteiger partial charge is 0.445 e. The molecule has 4 rings (SSSR count). The number of hydrogen-bond acceptors (Lipinski definition) is 7. The van der Waals surface area contributed by atoms with Crippen LogP contribution in [0.1, 0.15) is 76.3 Å². The number of nitrogens with one attached hydrogen (secondary N) is 1. The van der Waals surface area contributed by atoms with Crippen LogP contribution in [0.5, 0.6) is 0 Å². The number of anilines is 1. The Balaban J connectivity index is 1.47. The predicted octanol–water partition coefficient (Wildman–Crippen LogP) is 7.34. The molecule has 1 heterocycles. The third kappa shape index (κ3) is 12.0. The van der Waals surface area contributed by atoms with Gasteiger partial charge in [0.15, 0.2) is 0 Å². The van der Waals surface area contributed by atoms with Crippen LogP contribution in [0.2, 0.25) is 0 Å². The summed E-state index contributed by atoms with van der Waals surface area (Å²) in [6.45, 7) is 4.76. The minimum absolute atomic E-state index is 0.0142. The lowest BCUT2D eigenvalue weighted by Crippen LogP contribution is -2.59. The molecule has 0 spiro atoms. The summed E-state index contributed by atoms with van der Waals surface area (Å²) in [6, 6.07) is 27.7. The normalized spacial score (nSPS) is 15.3. The second-order valence-corrected chi connectivity index (χ2v) is 14.6. The van der Waals surface area contributed by atoms with Crippen LogP contribution in [-0.4, -0.2) is 76.7 Å². The summed E-state index contributed by atoms with van der Waals surface area (Å²) in [5, 5.41) is 4.33. The van der Waals surface area contributed by atoms with Crippen molar-refractivity contribution in [3.05, 3.63) is 102 Å². The van der Waals surface area contributed by atoms with Crippen LogP contribution in [-0.2, 0) is 41.6 Å². The summed E-state index contributed by atoms with van der Waals surface area (Å²) in [6.07, 6.45) is 3.71. The molecule has 0 bridgehead atoms. The van der Waals surface area contributed by atoms with Gasteiger partial charge in [0.1, 0.15) is 18.2 Å². The molecule has 3 aromatic rings. The van der Waals surface area contributed by atoms with E-state index in [4.69, 9.17) is 9.57 Å². The highest BCUT2D eigenvalue weighted by Gasteiger charge is 2.46. The van der Waals surface area contributed by atoms with E-state index in [2.05, 4.69) is 5.32 Å². The first-order valence-corrected chi connectivity index (χ1v) is 19.9. The van der Waals surface area contributed by atoms with E-state index in [1.165, 1.54) is 17.1 Å². The topological polar surface area (TPSA) is 126 Å². The second kappa shape index (κ2) is 21.3. The summed E-state index contributed by atoms with van der Waals surface area (Å²) in [7, 11) is 0.0668. The van der Waals surface area contributed by atoms with Crippen molar-refractivity contribution in [2.75, 3.05) is 31.8 Å². The van der Waals surface area contributed by atoms with Gasteiger partial charge < -0.3 is 19.5 Å². The molecule has 0 aliphatic carbocycles. The van der Waals surface area contributed by atoms with Gasteiger partial charge >= 0.3 is 6.09 Å². The number of benzene rings is 3. The van der Waals surface area contributed by atoms with Crippen LogP contribution in [0.4, 0.5) is 10.5 Å². The summed E-state index contributed by atoms with van der Waals surface area (Å²) in [5.41, 5.74) is 1.31. The Labute approximate surface area is 315 Å². The molecule has 53 heavy (non-hydrogen) atoms. The van der Waals surface area contributed by atoms with Crippen molar-refractivity contribution in [1.29, 1.82) is 0 Å². The van der Waals surface area contributed by atoms with Gasteiger partial charge in [0.25, 0.3) is 5.91 Å². The average molecular weight is 747 g/mol. The number of carbonyl (C=O) groups is 4. The molecule has 1 aliphatic heterocycles. The number of likely N-dealkylation sites (tertiary alicyclic amines) is 1. The fourth-order valence-corrected chi connectivity index (χ4v) is 7.81. The maximum absolute atomic E-state index is 14.5. The summed E-state index contributed by atoms with van der Waals surface area (Å²) >= 11 is 0. The molecule has 3 atom stereocenters. The van der Waals surface area contributed by atoms with Crippen LogP contribution < -0.4 is 5.32 Å². The van der Waals surface area contributed by atoms with Crippen molar-refractivity contribution >= 4 is 38.0 Å². The highest BCUT2D eigenvalue weighted by Crippen LogP contribution is 2.34. The number of hydroxylamine groups is 2. The maximum Gasteiger partial charge on any atom is 0.410 e. The highest BCUT2D eigenvalue weighted by atomic mass is 31.1. The SMILES string of the molecule is CON(CCCC[C@](CC(C)C)(C(=O)Nc1ccccc1)N(C[PH2]=O)C(=O)CCCc1ccccc1)C(=O)[C@@H]1CCCN1C(=O)OCc1ccccc1. The summed E-state index contributed by atoms with van der Waals surface area (Å²) in [5.74, 6) is -0.828. The highest BCUT2D eigenvalue weighted by molar-refractivity contribution is 7.23. The first-order valence-electron chi connectivity index (χ1n) is 18.7. The summed E-state index contributed by atoms with van der Waals surface area (Å²) in [4.78, 5) is 63.8. The van der Waals surface area contributed by atoms with E-state index in [0.29, 0.717) is 63.6 Å². The fourth-order valence-electron chi connectivity index (χ4n) is 7.11. The molecule has 12 heteroatoms. The third-order valence-electron chi connectivity index (χ3n) is 9.62. The van der Waals surface area contributed by atoms with E-state index >= 15 is 0 Å². The van der Waals surface area contributed by atoms with Crippen molar-refractivity contribution in [2.24, 2.45) is 5.92 Å². The van der Waals surface area contributed by atoms with E-state index < -0.39 is 26.1 Å². The van der Waals surface area contributed by atoms with Crippen LogP contribution >= 0.6 is 8.46 Å². The van der Waals surface area contributed by atoms with Gasteiger partial charge in [-0.25, -0.2) is 9.86 Å². The van der Waals surface area contributed by atoms with Crippen LogP contribution in [0.3, 0.4) is 0 Å². The molecule has 1 fully saturated rings. The number of aryl methyl sites for hydroxylation is 1. The van der Waals surface area contributed by atoms with Crippen molar-refractivity contribution in [3.63, 3.8) is 0 Å². The number of rotatable bonds is 20. The molecule has 3 aromatic carbocycles. The molecule has 1 aliphatic rings. The van der Waals surface area contributed by atoms with E-state index in [-0.39, 0.29) is 49.5 Å². The predicted molar refractivity (Wildman–Crippen MR) is 208 cm³/mol. The Morgan fingerprint density at radius 2 is 1.55 bits per heavy atom. The quantitative estimate of drug-likeness (QED) is 0.0729. The van der Waals surface area contributed by atoms with E-state index in [9.17, 15) is 23.7 Å². The van der Waals surface area contributed by atoms with Crippen molar-refractivity contribution < 1.29 is 33.3 Å². The van der Waals surface area contributed by atoms with Crippen molar-refractivity contribution in [2.45, 2.75) is 89.8 Å². The third-order valence-corrected chi connectivity index (χ3v) is 10.1. The van der Waals surface area contributed by atoms with Gasteiger partial charge in [-0.15, -0.1) is 0 Å². The van der Waals surface area contributed by atoms with Crippen LogP contribution in [0.25, 0.3) is 0 Å². The molecule has 1 N–H and O–H groups in total. The number of para-hydroxylation sites is 1. The lowest BCUT2D eigenvalue weighted by molar-refractivity contribution is -0.180. The minimum Gasteiger partial charge on any atom is -0.445 e. The summed E-state index contributed by atoms with van der Waals surface area (Å²) < 4.78 is 17.9. The van der Waals surface area contributed by atoms with Gasteiger partial charge in [-0.05, 0) is 80.5 Å². The Kier molecular flexibility index (Phi) is 16.6. The van der Waals surface area contributed by atoms with Crippen LogP contribution in [0, 0.1) is 5.92 Å². The van der Waals surface area contributed by atoms with Gasteiger partial charge in [0.05, 0.1) is 21.9 Å². The van der Waals surface area contributed by atoms with Crippen molar-refractivity contribution in [3.8, 4) is 0 Å². The van der Waals surface area contributed by atoms with Gasteiger partial charge in [-0.2, -0.15) is 0 Å². The molecule has 0 saturated carbocycles. The minimum atomic E-state index is -1.36. The second-order valence-electron chi connectivity index (χ2n) is 13.9. The first-order chi connectivity index (χ1) is 25.7. The molecule has 1 saturated heterocycles. The molecular formula is C41H55N4O7P. The lowest BCUT2D eigenvalue weighted by atomic mass is 9.81. The van der Waals surface area contributed by atoms with Crippen molar-refractivity contribution in [1.82, 2.24) is 14.9 Å². The number of hydrogen-bond donors (Lipinski definition) is 1. The zero-order chi connectivity index (χ0) is 38.1. The van der Waals surface area contributed by atoms with E-state index in [1.54, 1.807) is 17.0 Å². The van der Waals surface area contributed by atoms with Gasteiger partial charge in [0, 0.05) is 25.2 Å². The van der Waals surface area contributed by atoms with E-state index in [0.717, 1.165) is 11.1 Å². The fraction of sp³-hybridized carbons (Fsp3) is 0.463. The Hall–Kier alpha value is -4.47. The molecule has 1 unspecified atom stereocenters. The number of unbranched alkanes of at least 4 members (excludes halogenated alkanes) is 1. The number of amides is 4. The Morgan fingerprint density at radius 3 is 2.17 bits per heavy atom. The zero-order valence-corrected chi connectivity index (χ0v) is 32.4. The number of ether oxygens (including phenoxy) is 1. The van der Waals surface area contributed by atoms with Gasteiger partial charge in [0.2, 0.25) is 11.8 Å². The maximum atomic E-state index is 14.5.